The zero-order chi connectivity index (χ0) is 10.6. The Morgan fingerprint density at radius 3 is 2.36 bits per heavy atom. The second-order valence-corrected chi connectivity index (χ2v) is 4.22. The van der Waals surface area contributed by atoms with Crippen molar-refractivity contribution in [3.8, 4) is 0 Å². The van der Waals surface area contributed by atoms with Crippen LogP contribution in [-0.2, 0) is 5.41 Å². The van der Waals surface area contributed by atoms with Crippen LogP contribution in [0, 0.1) is 0 Å². The molecule has 1 N–H and O–H groups in total. The first-order valence-corrected chi connectivity index (χ1v) is 4.89. The van der Waals surface area contributed by atoms with Crippen molar-refractivity contribution in [1.82, 2.24) is 0 Å². The van der Waals surface area contributed by atoms with Gasteiger partial charge in [-0.2, -0.15) is 0 Å². The van der Waals surface area contributed by atoms with Crippen LogP contribution in [0.5, 0.6) is 0 Å². The highest BCUT2D eigenvalue weighted by Gasteiger charge is 2.25. The number of benzene rings is 1. The molecule has 0 bridgehead atoms. The Bertz CT molecular complexity index is 302. The topological polar surface area (TPSA) is 20.2 Å². The summed E-state index contributed by atoms with van der Waals surface area (Å²) in [7, 11) is 0. The van der Waals surface area contributed by atoms with Crippen molar-refractivity contribution in [3.05, 3.63) is 48.0 Å². The summed E-state index contributed by atoms with van der Waals surface area (Å²) in [4.78, 5) is 0. The first kappa shape index (κ1) is 11.0. The molecule has 76 valence electrons. The Hall–Kier alpha value is -1.08. The van der Waals surface area contributed by atoms with Crippen molar-refractivity contribution >= 4 is 0 Å². The second-order valence-electron chi connectivity index (χ2n) is 4.22. The van der Waals surface area contributed by atoms with Crippen molar-refractivity contribution < 1.29 is 5.11 Å². The van der Waals surface area contributed by atoms with E-state index in [-0.39, 0.29) is 12.0 Å². The average Bonchev–Trinajstić information content (AvgIpc) is 2.18. The Labute approximate surface area is 86.1 Å². The van der Waals surface area contributed by atoms with Gasteiger partial charge in [-0.3, -0.25) is 0 Å². The van der Waals surface area contributed by atoms with E-state index in [2.05, 4.69) is 25.6 Å². The predicted molar refractivity (Wildman–Crippen MR) is 60.3 cm³/mol. The fraction of sp³-hybridized carbons (Fsp3) is 0.385. The Kier molecular flexibility index (Phi) is 3.48. The Balaban J connectivity index is 2.95. The van der Waals surface area contributed by atoms with Gasteiger partial charge in [0.1, 0.15) is 0 Å². The lowest BCUT2D eigenvalue weighted by atomic mass is 9.78. The van der Waals surface area contributed by atoms with Gasteiger partial charge in [0.05, 0.1) is 6.61 Å². The van der Waals surface area contributed by atoms with Gasteiger partial charge in [-0.05, 0) is 18.9 Å². The van der Waals surface area contributed by atoms with E-state index in [4.69, 9.17) is 0 Å². The molecule has 0 fully saturated rings. The third kappa shape index (κ3) is 2.46. The summed E-state index contributed by atoms with van der Waals surface area (Å²) in [5.41, 5.74) is 2.09. The predicted octanol–water partition coefficient (Wildman–Crippen LogP) is 2.90. The number of aliphatic hydroxyl groups is 1. The summed E-state index contributed by atoms with van der Waals surface area (Å²) < 4.78 is 0. The van der Waals surface area contributed by atoms with Gasteiger partial charge < -0.3 is 5.11 Å². The summed E-state index contributed by atoms with van der Waals surface area (Å²) in [6, 6.07) is 10.1. The lowest BCUT2D eigenvalue weighted by Gasteiger charge is -2.28. The lowest BCUT2D eigenvalue weighted by molar-refractivity contribution is 0.204. The van der Waals surface area contributed by atoms with Crippen molar-refractivity contribution in [2.75, 3.05) is 6.61 Å². The third-order valence-corrected chi connectivity index (χ3v) is 2.51. The van der Waals surface area contributed by atoms with E-state index in [1.165, 1.54) is 5.56 Å². The van der Waals surface area contributed by atoms with Crippen molar-refractivity contribution in [1.29, 1.82) is 0 Å². The molecule has 0 aliphatic rings. The third-order valence-electron chi connectivity index (χ3n) is 2.51. The number of hydrogen-bond acceptors (Lipinski definition) is 1. The van der Waals surface area contributed by atoms with E-state index in [0.29, 0.717) is 0 Å². The largest absolute Gasteiger partial charge is 0.395 e. The van der Waals surface area contributed by atoms with Gasteiger partial charge in [-0.1, -0.05) is 42.8 Å². The number of hydrogen-bond donors (Lipinski definition) is 1. The fourth-order valence-corrected chi connectivity index (χ4v) is 1.76. The number of aliphatic hydroxyl groups excluding tert-OH is 1. The number of allylic oxidation sites excluding steroid dienone is 1. The van der Waals surface area contributed by atoms with Crippen LogP contribution in [-0.4, -0.2) is 11.7 Å². The summed E-state index contributed by atoms with van der Waals surface area (Å²) >= 11 is 0. The maximum atomic E-state index is 9.45. The molecule has 0 amide bonds. The van der Waals surface area contributed by atoms with Crippen LogP contribution < -0.4 is 0 Å². The quantitative estimate of drug-likeness (QED) is 0.724. The van der Waals surface area contributed by atoms with Gasteiger partial charge in [0, 0.05) is 5.41 Å². The van der Waals surface area contributed by atoms with Crippen LogP contribution in [0.2, 0.25) is 0 Å². The van der Waals surface area contributed by atoms with E-state index in [1.54, 1.807) is 0 Å². The van der Waals surface area contributed by atoms with Crippen LogP contribution in [0.4, 0.5) is 0 Å². The Morgan fingerprint density at radius 1 is 1.36 bits per heavy atom. The molecule has 0 saturated heterocycles. The van der Waals surface area contributed by atoms with E-state index in [0.717, 1.165) is 12.0 Å². The maximum Gasteiger partial charge on any atom is 0.0528 e. The van der Waals surface area contributed by atoms with Crippen molar-refractivity contribution in [2.45, 2.75) is 25.7 Å². The summed E-state index contributed by atoms with van der Waals surface area (Å²) in [5.74, 6) is 0. The first-order chi connectivity index (χ1) is 6.58. The molecule has 1 aromatic rings. The standard InChI is InChI=1S/C13H18O/c1-11(2)9-13(3,10-14)12-7-5-4-6-8-12/h4-8,14H,1,9-10H2,2-3H3. The van der Waals surface area contributed by atoms with Crippen LogP contribution >= 0.6 is 0 Å². The molecule has 1 heteroatoms. The smallest absolute Gasteiger partial charge is 0.0528 e. The minimum absolute atomic E-state index is 0.157. The van der Waals surface area contributed by atoms with Gasteiger partial charge >= 0.3 is 0 Å². The average molecular weight is 190 g/mol. The molecule has 0 saturated carbocycles. The molecule has 0 radical (unpaired) electrons. The molecule has 14 heavy (non-hydrogen) atoms. The van der Waals surface area contributed by atoms with E-state index >= 15 is 0 Å². The highest BCUT2D eigenvalue weighted by molar-refractivity contribution is 5.26. The fourth-order valence-electron chi connectivity index (χ4n) is 1.76. The van der Waals surface area contributed by atoms with Crippen molar-refractivity contribution in [3.63, 3.8) is 0 Å². The van der Waals surface area contributed by atoms with E-state index in [9.17, 15) is 5.11 Å². The summed E-state index contributed by atoms with van der Waals surface area (Å²) in [5, 5.41) is 9.45. The SMILES string of the molecule is C=C(C)CC(C)(CO)c1ccccc1. The summed E-state index contributed by atoms with van der Waals surface area (Å²) in [6.45, 7) is 8.12. The monoisotopic (exact) mass is 190 g/mol. The minimum Gasteiger partial charge on any atom is -0.395 e. The molecule has 1 atom stereocenters. The van der Waals surface area contributed by atoms with Crippen LogP contribution in [0.25, 0.3) is 0 Å². The second kappa shape index (κ2) is 4.43. The summed E-state index contributed by atoms with van der Waals surface area (Å²) in [6.07, 6.45) is 0.827. The zero-order valence-corrected chi connectivity index (χ0v) is 8.96. The molecule has 0 spiro atoms. The molecule has 1 rings (SSSR count). The molecule has 1 nitrogen and oxygen atoms in total. The van der Waals surface area contributed by atoms with Gasteiger partial charge in [0.2, 0.25) is 0 Å². The highest BCUT2D eigenvalue weighted by Crippen LogP contribution is 2.29. The van der Waals surface area contributed by atoms with Gasteiger partial charge in [-0.15, -0.1) is 6.58 Å². The molecule has 0 heterocycles. The van der Waals surface area contributed by atoms with E-state index < -0.39 is 0 Å². The minimum atomic E-state index is -0.187. The van der Waals surface area contributed by atoms with Gasteiger partial charge in [0.25, 0.3) is 0 Å². The van der Waals surface area contributed by atoms with E-state index in [1.807, 2.05) is 25.1 Å². The first-order valence-electron chi connectivity index (χ1n) is 4.89. The molecular weight excluding hydrogens is 172 g/mol. The Morgan fingerprint density at radius 2 is 1.93 bits per heavy atom. The molecular formula is C13H18O. The van der Waals surface area contributed by atoms with Crippen molar-refractivity contribution in [2.24, 2.45) is 0 Å². The maximum absolute atomic E-state index is 9.45. The molecule has 0 aliphatic heterocycles. The molecule has 0 aliphatic carbocycles. The van der Waals surface area contributed by atoms with Gasteiger partial charge in [0.15, 0.2) is 0 Å². The lowest BCUT2D eigenvalue weighted by Crippen LogP contribution is -2.26. The molecule has 1 unspecified atom stereocenters. The molecule has 1 aromatic carbocycles. The van der Waals surface area contributed by atoms with Gasteiger partial charge in [-0.25, -0.2) is 0 Å². The number of rotatable bonds is 4. The molecule has 0 aromatic heterocycles. The van der Waals surface area contributed by atoms with Crippen LogP contribution in [0.1, 0.15) is 25.8 Å². The highest BCUT2D eigenvalue weighted by atomic mass is 16.3. The zero-order valence-electron chi connectivity index (χ0n) is 8.96. The normalized spacial score (nSPS) is 14.8. The van der Waals surface area contributed by atoms with Crippen LogP contribution in [0.15, 0.2) is 42.5 Å². The van der Waals surface area contributed by atoms with Crippen LogP contribution in [0.3, 0.4) is 0 Å².